The Bertz CT molecular complexity index is 271. The van der Waals surface area contributed by atoms with Crippen molar-refractivity contribution in [1.29, 1.82) is 0 Å². The van der Waals surface area contributed by atoms with Gasteiger partial charge in [0, 0.05) is 13.7 Å². The number of amides is 1. The summed E-state index contributed by atoms with van der Waals surface area (Å²) >= 11 is 0. The molecule has 1 heterocycles. The summed E-state index contributed by atoms with van der Waals surface area (Å²) < 4.78 is 5.26. The molecule has 16 heavy (non-hydrogen) atoms. The molecule has 1 N–H and O–H groups in total. The molecule has 0 aliphatic carbocycles. The highest BCUT2D eigenvalue weighted by Gasteiger charge is 2.34. The fourth-order valence-corrected chi connectivity index (χ4v) is 2.03. The van der Waals surface area contributed by atoms with Crippen LogP contribution >= 0.6 is 0 Å². The van der Waals surface area contributed by atoms with Crippen LogP contribution in [0.1, 0.15) is 26.7 Å². The highest BCUT2D eigenvalue weighted by molar-refractivity contribution is 5.86. The molecule has 1 fully saturated rings. The first-order valence-electron chi connectivity index (χ1n) is 5.56. The predicted octanol–water partition coefficient (Wildman–Crippen LogP) is 0.733. The molecule has 0 aromatic heterocycles. The normalized spacial score (nSPS) is 22.1. The average molecular weight is 229 g/mol. The lowest BCUT2D eigenvalue weighted by molar-refractivity contribution is -0.155. The maximum Gasteiger partial charge on any atom is 0.326 e. The summed E-state index contributed by atoms with van der Waals surface area (Å²) in [5, 5.41) is 9.07. The second-order valence-corrected chi connectivity index (χ2v) is 4.48. The van der Waals surface area contributed by atoms with Gasteiger partial charge in [0.05, 0.1) is 0 Å². The topological polar surface area (TPSA) is 66.8 Å². The van der Waals surface area contributed by atoms with E-state index in [4.69, 9.17) is 9.84 Å². The van der Waals surface area contributed by atoms with Gasteiger partial charge in [-0.05, 0) is 18.8 Å². The molecule has 5 heteroatoms. The largest absolute Gasteiger partial charge is 0.480 e. The Kier molecular flexibility index (Phi) is 4.29. The van der Waals surface area contributed by atoms with Crippen LogP contribution in [0.25, 0.3) is 0 Å². The van der Waals surface area contributed by atoms with Crippen LogP contribution in [0.3, 0.4) is 0 Å². The maximum absolute atomic E-state index is 11.9. The van der Waals surface area contributed by atoms with Crippen LogP contribution in [0.2, 0.25) is 0 Å². The van der Waals surface area contributed by atoms with Crippen molar-refractivity contribution in [2.45, 2.75) is 38.8 Å². The Labute approximate surface area is 95.4 Å². The Hall–Kier alpha value is -1.10. The lowest BCUT2D eigenvalue weighted by atomic mass is 10.0. The summed E-state index contributed by atoms with van der Waals surface area (Å²) in [4.78, 5) is 24.3. The third kappa shape index (κ3) is 2.72. The van der Waals surface area contributed by atoms with Gasteiger partial charge in [0.2, 0.25) is 0 Å². The number of nitrogens with zero attached hydrogens (tertiary/aromatic N) is 1. The smallest absolute Gasteiger partial charge is 0.326 e. The van der Waals surface area contributed by atoms with Crippen molar-refractivity contribution in [3.05, 3.63) is 0 Å². The second kappa shape index (κ2) is 5.30. The van der Waals surface area contributed by atoms with Crippen LogP contribution in [0.4, 0.5) is 0 Å². The van der Waals surface area contributed by atoms with Crippen molar-refractivity contribution in [2.24, 2.45) is 5.92 Å². The van der Waals surface area contributed by atoms with E-state index in [1.165, 1.54) is 11.9 Å². The van der Waals surface area contributed by atoms with E-state index in [0.29, 0.717) is 13.0 Å². The molecule has 0 aromatic carbocycles. The molecule has 92 valence electrons. The van der Waals surface area contributed by atoms with Crippen molar-refractivity contribution < 1.29 is 19.4 Å². The lowest BCUT2D eigenvalue weighted by Crippen LogP contribution is -2.49. The summed E-state index contributed by atoms with van der Waals surface area (Å²) in [6.07, 6.45) is 1.10. The summed E-state index contributed by atoms with van der Waals surface area (Å²) in [5.41, 5.74) is 0. The van der Waals surface area contributed by atoms with Crippen LogP contribution in [-0.2, 0) is 14.3 Å². The van der Waals surface area contributed by atoms with Crippen molar-refractivity contribution in [3.63, 3.8) is 0 Å². The quantitative estimate of drug-likeness (QED) is 0.771. The highest BCUT2D eigenvalue weighted by Crippen LogP contribution is 2.17. The third-order valence-corrected chi connectivity index (χ3v) is 2.85. The summed E-state index contributed by atoms with van der Waals surface area (Å²) in [7, 11) is 1.53. The lowest BCUT2D eigenvalue weighted by Gasteiger charge is -2.29. The zero-order chi connectivity index (χ0) is 12.3. The molecule has 0 saturated carbocycles. The van der Waals surface area contributed by atoms with E-state index in [2.05, 4.69) is 0 Å². The molecule has 0 aromatic rings. The van der Waals surface area contributed by atoms with Crippen LogP contribution < -0.4 is 0 Å². The number of carboxylic acids is 1. The molecule has 2 atom stereocenters. The van der Waals surface area contributed by atoms with E-state index in [1.54, 1.807) is 13.8 Å². The number of carbonyl (C=O) groups is 2. The number of aliphatic carboxylic acids is 1. The van der Waals surface area contributed by atoms with Gasteiger partial charge in [-0.1, -0.05) is 13.8 Å². The van der Waals surface area contributed by atoms with E-state index in [9.17, 15) is 9.59 Å². The average Bonchev–Trinajstić information content (AvgIpc) is 2.67. The molecule has 1 amide bonds. The van der Waals surface area contributed by atoms with Gasteiger partial charge in [-0.15, -0.1) is 0 Å². The van der Waals surface area contributed by atoms with E-state index < -0.39 is 18.1 Å². The Morgan fingerprint density at radius 1 is 1.44 bits per heavy atom. The molecule has 1 aliphatic rings. The number of rotatable bonds is 4. The molecular weight excluding hydrogens is 210 g/mol. The minimum atomic E-state index is -0.969. The van der Waals surface area contributed by atoms with Crippen molar-refractivity contribution >= 4 is 11.9 Å². The van der Waals surface area contributed by atoms with Crippen LogP contribution in [0.15, 0.2) is 0 Å². The highest BCUT2D eigenvalue weighted by atomic mass is 16.5. The summed E-state index contributed by atoms with van der Waals surface area (Å²) in [5.74, 6) is -1.31. The number of ether oxygens (including phenoxy) is 1. The molecule has 1 saturated heterocycles. The van der Waals surface area contributed by atoms with Gasteiger partial charge in [0.1, 0.15) is 12.1 Å². The zero-order valence-electron chi connectivity index (χ0n) is 9.97. The van der Waals surface area contributed by atoms with Gasteiger partial charge >= 0.3 is 5.97 Å². The predicted molar refractivity (Wildman–Crippen MR) is 58.0 cm³/mol. The van der Waals surface area contributed by atoms with Crippen LogP contribution in [-0.4, -0.2) is 47.7 Å². The molecule has 0 bridgehead atoms. The number of carbonyl (C=O) groups excluding carboxylic acids is 1. The van der Waals surface area contributed by atoms with E-state index in [-0.39, 0.29) is 11.8 Å². The van der Waals surface area contributed by atoms with Crippen molar-refractivity contribution in [1.82, 2.24) is 4.90 Å². The van der Waals surface area contributed by atoms with E-state index >= 15 is 0 Å². The molecule has 2 unspecified atom stereocenters. The fraction of sp³-hybridized carbons (Fsp3) is 0.818. The summed E-state index contributed by atoms with van der Waals surface area (Å²) in [6, 6.07) is -0.781. The molecule has 0 spiro atoms. The SMILES string of the molecule is CC(C)C(C(=O)O)N(C)C(=O)C1CCCO1. The van der Waals surface area contributed by atoms with Gasteiger partial charge in [-0.3, -0.25) is 4.79 Å². The first-order chi connectivity index (χ1) is 7.45. The Balaban J connectivity index is 2.69. The molecule has 1 aliphatic heterocycles. The van der Waals surface area contributed by atoms with Gasteiger partial charge in [-0.2, -0.15) is 0 Å². The van der Waals surface area contributed by atoms with Crippen LogP contribution in [0.5, 0.6) is 0 Å². The van der Waals surface area contributed by atoms with Crippen molar-refractivity contribution in [2.75, 3.05) is 13.7 Å². The molecule has 5 nitrogen and oxygen atoms in total. The fourth-order valence-electron chi connectivity index (χ4n) is 2.03. The van der Waals surface area contributed by atoms with Gasteiger partial charge in [0.15, 0.2) is 0 Å². The van der Waals surface area contributed by atoms with E-state index in [0.717, 1.165) is 6.42 Å². The van der Waals surface area contributed by atoms with Gasteiger partial charge in [-0.25, -0.2) is 4.79 Å². The number of hydrogen-bond acceptors (Lipinski definition) is 3. The molecular formula is C11H19NO4. The van der Waals surface area contributed by atoms with Gasteiger partial charge < -0.3 is 14.7 Å². The Morgan fingerprint density at radius 3 is 2.44 bits per heavy atom. The maximum atomic E-state index is 11.9. The Morgan fingerprint density at radius 2 is 2.06 bits per heavy atom. The third-order valence-electron chi connectivity index (χ3n) is 2.85. The van der Waals surface area contributed by atoms with Crippen LogP contribution in [0, 0.1) is 5.92 Å². The minimum absolute atomic E-state index is 0.118. The first kappa shape index (κ1) is 13.0. The number of carboxylic acid groups (broad SMARTS) is 1. The molecule has 1 rings (SSSR count). The number of hydrogen-bond donors (Lipinski definition) is 1. The second-order valence-electron chi connectivity index (χ2n) is 4.48. The van der Waals surface area contributed by atoms with Gasteiger partial charge in [0.25, 0.3) is 5.91 Å². The van der Waals surface area contributed by atoms with Crippen molar-refractivity contribution in [3.8, 4) is 0 Å². The number of likely N-dealkylation sites (N-methyl/N-ethyl adjacent to an activating group) is 1. The monoisotopic (exact) mass is 229 g/mol. The summed E-state index contributed by atoms with van der Waals surface area (Å²) in [6.45, 7) is 4.17. The zero-order valence-corrected chi connectivity index (χ0v) is 9.97. The minimum Gasteiger partial charge on any atom is -0.480 e. The molecule has 0 radical (unpaired) electrons. The standard InChI is InChI=1S/C11H19NO4/c1-7(2)9(11(14)15)12(3)10(13)8-5-4-6-16-8/h7-9H,4-6H2,1-3H3,(H,14,15). The first-order valence-corrected chi connectivity index (χ1v) is 5.56. The van der Waals surface area contributed by atoms with E-state index in [1.807, 2.05) is 0 Å².